The SMILES string of the molecule is CC(CCC(=O)NCC[N+]1(CCCc2ccccc2)CCCC1)[C@H]1CC[C@H]2[C@@H]3CCC4CCCC[C@]4(C)[C@H]3CC[C@]12C.[Br-]. The largest absolute Gasteiger partial charge is 1.00 e. The van der Waals surface area contributed by atoms with Crippen molar-refractivity contribution >= 4 is 5.91 Å². The van der Waals surface area contributed by atoms with Gasteiger partial charge < -0.3 is 26.8 Å². The molecule has 4 saturated carbocycles. The van der Waals surface area contributed by atoms with Crippen LogP contribution in [0, 0.1) is 46.3 Å². The number of fused-ring (bicyclic) bond motifs is 5. The Morgan fingerprint density at radius 3 is 2.44 bits per heavy atom. The van der Waals surface area contributed by atoms with Crippen molar-refractivity contribution in [2.45, 2.75) is 124 Å². The van der Waals surface area contributed by atoms with Crippen LogP contribution < -0.4 is 22.3 Å². The molecule has 3 nitrogen and oxygen atoms in total. The number of hydrogen-bond donors (Lipinski definition) is 1. The Kier molecular flexibility index (Phi) is 11.1. The summed E-state index contributed by atoms with van der Waals surface area (Å²) in [5.74, 6) is 5.72. The highest BCUT2D eigenvalue weighted by atomic mass is 79.9. The molecule has 1 heterocycles. The molecule has 6 rings (SSSR count). The summed E-state index contributed by atoms with van der Waals surface area (Å²) in [5, 5.41) is 3.37. The van der Waals surface area contributed by atoms with Crippen molar-refractivity contribution in [3.8, 4) is 0 Å². The number of aryl methyl sites for hydroxylation is 1. The molecule has 8 atom stereocenters. The monoisotopic (exact) mass is 654 g/mol. The number of rotatable bonds is 11. The van der Waals surface area contributed by atoms with Gasteiger partial charge in [-0.3, -0.25) is 4.79 Å². The van der Waals surface area contributed by atoms with E-state index in [4.69, 9.17) is 0 Å². The number of benzene rings is 1. The Labute approximate surface area is 275 Å². The summed E-state index contributed by atoms with van der Waals surface area (Å²) in [6.45, 7) is 13.7. The van der Waals surface area contributed by atoms with Gasteiger partial charge >= 0.3 is 0 Å². The molecule has 0 bridgehead atoms. The molecule has 2 unspecified atom stereocenters. The fraction of sp³-hybridized carbons (Fsp3) is 0.821. The van der Waals surface area contributed by atoms with Gasteiger partial charge in [-0.15, -0.1) is 0 Å². The van der Waals surface area contributed by atoms with E-state index < -0.39 is 0 Å². The smallest absolute Gasteiger partial charge is 0.220 e. The van der Waals surface area contributed by atoms with E-state index >= 15 is 0 Å². The highest BCUT2D eigenvalue weighted by Gasteiger charge is 2.60. The zero-order valence-electron chi connectivity index (χ0n) is 27.9. The maximum atomic E-state index is 13.0. The predicted molar refractivity (Wildman–Crippen MR) is 175 cm³/mol. The normalized spacial score (nSPS) is 37.0. The first-order valence-corrected chi connectivity index (χ1v) is 18.5. The van der Waals surface area contributed by atoms with Gasteiger partial charge in [0.05, 0.1) is 32.7 Å². The summed E-state index contributed by atoms with van der Waals surface area (Å²) < 4.78 is 1.22. The van der Waals surface area contributed by atoms with Gasteiger partial charge in [0.25, 0.3) is 0 Å². The van der Waals surface area contributed by atoms with Gasteiger partial charge in [-0.25, -0.2) is 0 Å². The van der Waals surface area contributed by atoms with E-state index in [0.717, 1.165) is 55.5 Å². The fourth-order valence-electron chi connectivity index (χ4n) is 12.2. The second kappa shape index (κ2) is 14.3. The summed E-state index contributed by atoms with van der Waals surface area (Å²) in [6.07, 6.45) is 21.7. The molecular weight excluding hydrogens is 592 g/mol. The van der Waals surface area contributed by atoms with Gasteiger partial charge in [0.1, 0.15) is 0 Å². The maximum absolute atomic E-state index is 13.0. The summed E-state index contributed by atoms with van der Waals surface area (Å²) in [6, 6.07) is 10.9. The Morgan fingerprint density at radius 2 is 1.65 bits per heavy atom. The lowest BCUT2D eigenvalue weighted by Gasteiger charge is -2.61. The molecule has 5 fully saturated rings. The average Bonchev–Trinajstić information content (AvgIpc) is 3.60. The van der Waals surface area contributed by atoms with Crippen LogP contribution in [-0.2, 0) is 11.2 Å². The van der Waals surface area contributed by atoms with Crippen LogP contribution >= 0.6 is 0 Å². The molecule has 4 aliphatic carbocycles. The zero-order valence-corrected chi connectivity index (χ0v) is 29.5. The molecule has 1 aromatic carbocycles. The lowest BCUT2D eigenvalue weighted by Crippen LogP contribution is -3.00. The molecule has 1 N–H and O–H groups in total. The summed E-state index contributed by atoms with van der Waals surface area (Å²) in [5.41, 5.74) is 2.61. The Morgan fingerprint density at radius 1 is 0.884 bits per heavy atom. The molecule has 242 valence electrons. The summed E-state index contributed by atoms with van der Waals surface area (Å²) in [4.78, 5) is 13.0. The third-order valence-corrected chi connectivity index (χ3v) is 14.5. The first-order valence-electron chi connectivity index (χ1n) is 18.5. The fourth-order valence-corrected chi connectivity index (χ4v) is 12.2. The summed E-state index contributed by atoms with van der Waals surface area (Å²) in [7, 11) is 0. The van der Waals surface area contributed by atoms with E-state index in [2.05, 4.69) is 56.4 Å². The van der Waals surface area contributed by atoms with E-state index in [9.17, 15) is 4.79 Å². The van der Waals surface area contributed by atoms with Crippen molar-refractivity contribution in [2.75, 3.05) is 32.7 Å². The van der Waals surface area contributed by atoms with Crippen molar-refractivity contribution in [3.05, 3.63) is 35.9 Å². The minimum Gasteiger partial charge on any atom is -1.00 e. The number of amides is 1. The van der Waals surface area contributed by atoms with Crippen LogP contribution in [0.4, 0.5) is 0 Å². The molecule has 4 heteroatoms. The first kappa shape index (κ1) is 33.5. The van der Waals surface area contributed by atoms with Crippen LogP contribution in [0.25, 0.3) is 0 Å². The Hall–Kier alpha value is -0.870. The molecule has 0 aromatic heterocycles. The number of nitrogens with one attached hydrogen (secondary N) is 1. The Balaban J connectivity index is 0.00000368. The number of nitrogens with zero attached hydrogens (tertiary/aromatic N) is 1. The van der Waals surface area contributed by atoms with Crippen molar-refractivity contribution in [1.29, 1.82) is 0 Å². The van der Waals surface area contributed by atoms with Gasteiger partial charge in [0, 0.05) is 25.7 Å². The average molecular weight is 656 g/mol. The second-order valence-electron chi connectivity index (χ2n) is 16.5. The van der Waals surface area contributed by atoms with Crippen molar-refractivity contribution < 1.29 is 26.3 Å². The molecule has 0 radical (unpaired) electrons. The van der Waals surface area contributed by atoms with Crippen molar-refractivity contribution in [1.82, 2.24) is 5.32 Å². The van der Waals surface area contributed by atoms with Gasteiger partial charge in [-0.2, -0.15) is 0 Å². The van der Waals surface area contributed by atoms with E-state index in [1.54, 1.807) is 0 Å². The van der Waals surface area contributed by atoms with Crippen LogP contribution in [-0.4, -0.2) is 43.1 Å². The highest BCUT2D eigenvalue weighted by Crippen LogP contribution is 2.68. The highest BCUT2D eigenvalue weighted by molar-refractivity contribution is 5.75. The maximum Gasteiger partial charge on any atom is 0.220 e. The van der Waals surface area contributed by atoms with Gasteiger partial charge in [-0.05, 0) is 116 Å². The lowest BCUT2D eigenvalue weighted by atomic mass is 9.44. The van der Waals surface area contributed by atoms with Crippen LogP contribution in [0.2, 0.25) is 0 Å². The van der Waals surface area contributed by atoms with Crippen LogP contribution in [0.5, 0.6) is 0 Å². The molecule has 0 spiro atoms. The van der Waals surface area contributed by atoms with E-state index in [0.29, 0.717) is 22.7 Å². The van der Waals surface area contributed by atoms with Gasteiger partial charge in [-0.1, -0.05) is 63.9 Å². The topological polar surface area (TPSA) is 29.1 Å². The number of halogens is 1. The van der Waals surface area contributed by atoms with Crippen molar-refractivity contribution in [2.24, 2.45) is 46.3 Å². The standard InChI is InChI=1S/C39H62N2O.BrH/c1-30(16-21-37(42)40-25-29-41(26-9-10-27-41)28-11-14-31-12-5-4-6-13-31)34-19-20-35-33-18-17-32-15-7-8-23-38(32,2)36(33)22-24-39(34,35)3;/h4-6,12-13,30,32-36H,7-11,14-29H2,1-3H3;1H/t30?,32?,33-,34+,35-,36-,38-,39+;/m0./s1. The van der Waals surface area contributed by atoms with E-state index in [1.165, 1.54) is 120 Å². The van der Waals surface area contributed by atoms with E-state index in [-0.39, 0.29) is 17.0 Å². The quantitative estimate of drug-likeness (QED) is 0.300. The Bertz CT molecular complexity index is 1040. The summed E-state index contributed by atoms with van der Waals surface area (Å²) >= 11 is 0. The number of hydrogen-bond acceptors (Lipinski definition) is 1. The van der Waals surface area contributed by atoms with Gasteiger partial charge in [0.2, 0.25) is 5.91 Å². The molecule has 1 saturated heterocycles. The van der Waals surface area contributed by atoms with Crippen molar-refractivity contribution in [3.63, 3.8) is 0 Å². The molecule has 1 aliphatic heterocycles. The number of carbonyl (C=O) groups is 1. The molecule has 1 aromatic rings. The first-order chi connectivity index (χ1) is 20.3. The van der Waals surface area contributed by atoms with Crippen LogP contribution in [0.3, 0.4) is 0 Å². The number of carbonyl (C=O) groups excluding carboxylic acids is 1. The predicted octanol–water partition coefficient (Wildman–Crippen LogP) is 5.82. The minimum absolute atomic E-state index is 0. The number of quaternary nitrogens is 1. The third kappa shape index (κ3) is 6.96. The van der Waals surface area contributed by atoms with E-state index in [1.807, 2.05) is 0 Å². The molecular formula is C39H63BrN2O. The van der Waals surface area contributed by atoms with Gasteiger partial charge in [0.15, 0.2) is 0 Å². The molecule has 5 aliphatic rings. The molecule has 1 amide bonds. The third-order valence-electron chi connectivity index (χ3n) is 14.5. The minimum atomic E-state index is 0. The van der Waals surface area contributed by atoms with Crippen LogP contribution in [0.1, 0.15) is 123 Å². The molecule has 43 heavy (non-hydrogen) atoms. The lowest BCUT2D eigenvalue weighted by molar-refractivity contribution is -0.915. The number of likely N-dealkylation sites (tertiary alicyclic amines) is 1. The van der Waals surface area contributed by atoms with Crippen LogP contribution in [0.15, 0.2) is 30.3 Å². The second-order valence-corrected chi connectivity index (χ2v) is 16.5. The zero-order chi connectivity index (χ0) is 29.2.